The van der Waals surface area contributed by atoms with E-state index in [1.807, 2.05) is 6.07 Å². The number of aryl methyl sites for hydroxylation is 3. The van der Waals surface area contributed by atoms with Crippen LogP contribution in [0.5, 0.6) is 0 Å². The van der Waals surface area contributed by atoms with Crippen LogP contribution in [-0.2, 0) is 6.54 Å². The average molecular weight is 311 g/mol. The molecule has 3 nitrogen and oxygen atoms in total. The summed E-state index contributed by atoms with van der Waals surface area (Å²) in [5, 5.41) is 0. The summed E-state index contributed by atoms with van der Waals surface area (Å²) >= 11 is 0. The van der Waals surface area contributed by atoms with E-state index in [-0.39, 0.29) is 5.82 Å². The van der Waals surface area contributed by atoms with Crippen molar-refractivity contribution in [1.29, 1.82) is 0 Å². The molecular formula is C19H22FN3. The predicted molar refractivity (Wildman–Crippen MR) is 92.9 cm³/mol. The summed E-state index contributed by atoms with van der Waals surface area (Å²) in [7, 11) is 0. The Kier molecular flexibility index (Phi) is 4.44. The molecule has 4 heteroatoms. The van der Waals surface area contributed by atoms with Crippen LogP contribution in [0.3, 0.4) is 0 Å². The van der Waals surface area contributed by atoms with E-state index in [4.69, 9.17) is 10.7 Å². The zero-order valence-corrected chi connectivity index (χ0v) is 13.6. The van der Waals surface area contributed by atoms with Gasteiger partial charge >= 0.3 is 0 Å². The zero-order valence-electron chi connectivity index (χ0n) is 13.6. The summed E-state index contributed by atoms with van der Waals surface area (Å²) in [6, 6.07) is 11.0. The number of imidazole rings is 1. The van der Waals surface area contributed by atoms with Crippen LogP contribution in [-0.4, -0.2) is 16.1 Å². The van der Waals surface area contributed by atoms with Crippen LogP contribution in [0.4, 0.5) is 4.39 Å². The van der Waals surface area contributed by atoms with E-state index in [0.29, 0.717) is 17.9 Å². The Morgan fingerprint density at radius 3 is 2.57 bits per heavy atom. The van der Waals surface area contributed by atoms with Crippen molar-refractivity contribution in [3.8, 4) is 11.4 Å². The second-order valence-electron chi connectivity index (χ2n) is 5.99. The van der Waals surface area contributed by atoms with Crippen LogP contribution in [0.15, 0.2) is 36.4 Å². The maximum atomic E-state index is 14.3. The lowest BCUT2D eigenvalue weighted by Gasteiger charge is -2.10. The molecule has 120 valence electrons. The quantitative estimate of drug-likeness (QED) is 0.718. The number of hydrogen-bond acceptors (Lipinski definition) is 2. The molecule has 3 aromatic rings. The lowest BCUT2D eigenvalue weighted by molar-refractivity contribution is 0.614. The van der Waals surface area contributed by atoms with Gasteiger partial charge in [-0.1, -0.05) is 12.1 Å². The van der Waals surface area contributed by atoms with Crippen molar-refractivity contribution in [2.75, 3.05) is 6.54 Å². The Hall–Kier alpha value is -2.20. The summed E-state index contributed by atoms with van der Waals surface area (Å²) in [6.07, 6.45) is 1.90. The number of nitrogens with two attached hydrogens (primary N) is 1. The van der Waals surface area contributed by atoms with E-state index in [9.17, 15) is 4.39 Å². The van der Waals surface area contributed by atoms with Gasteiger partial charge < -0.3 is 10.3 Å². The highest BCUT2D eigenvalue weighted by Crippen LogP contribution is 2.28. The zero-order chi connectivity index (χ0) is 16.4. The first kappa shape index (κ1) is 15.7. The highest BCUT2D eigenvalue weighted by atomic mass is 19.1. The minimum Gasteiger partial charge on any atom is -0.330 e. The van der Waals surface area contributed by atoms with Gasteiger partial charge in [0, 0.05) is 6.54 Å². The van der Waals surface area contributed by atoms with E-state index in [1.165, 1.54) is 17.2 Å². The summed E-state index contributed by atoms with van der Waals surface area (Å²) in [5.74, 6) is 0.455. The van der Waals surface area contributed by atoms with Crippen molar-refractivity contribution in [1.82, 2.24) is 9.55 Å². The van der Waals surface area contributed by atoms with E-state index < -0.39 is 0 Å². The molecule has 0 aliphatic rings. The molecule has 0 aliphatic heterocycles. The molecule has 0 saturated heterocycles. The minimum absolute atomic E-state index is 0.240. The Balaban J connectivity index is 2.19. The molecule has 0 unspecified atom stereocenters. The minimum atomic E-state index is -0.240. The SMILES string of the molecule is Cc1cc2nc(-c3ccccc3F)n(CCCCN)c2cc1C. The van der Waals surface area contributed by atoms with Gasteiger partial charge in [0.05, 0.1) is 16.6 Å². The maximum Gasteiger partial charge on any atom is 0.144 e. The van der Waals surface area contributed by atoms with Crippen molar-refractivity contribution < 1.29 is 4.39 Å². The average Bonchev–Trinajstić information content (AvgIpc) is 2.86. The highest BCUT2D eigenvalue weighted by Gasteiger charge is 2.16. The third-order valence-electron chi connectivity index (χ3n) is 4.31. The van der Waals surface area contributed by atoms with E-state index in [0.717, 1.165) is 30.4 Å². The molecule has 2 N–H and O–H groups in total. The molecule has 0 aliphatic carbocycles. The number of aromatic nitrogens is 2. The van der Waals surface area contributed by atoms with Gasteiger partial charge in [0.2, 0.25) is 0 Å². The van der Waals surface area contributed by atoms with Crippen molar-refractivity contribution >= 4 is 11.0 Å². The summed E-state index contributed by atoms with van der Waals surface area (Å²) in [6.45, 7) is 5.62. The summed E-state index contributed by atoms with van der Waals surface area (Å²) < 4.78 is 16.4. The number of unbranched alkanes of at least 4 members (excludes halogenated alkanes) is 1. The van der Waals surface area contributed by atoms with E-state index in [1.54, 1.807) is 12.1 Å². The molecule has 0 atom stereocenters. The lowest BCUT2D eigenvalue weighted by Crippen LogP contribution is -2.05. The first-order valence-electron chi connectivity index (χ1n) is 8.04. The lowest BCUT2D eigenvalue weighted by atomic mass is 10.1. The molecule has 0 bridgehead atoms. The van der Waals surface area contributed by atoms with E-state index >= 15 is 0 Å². The first-order chi connectivity index (χ1) is 11.1. The monoisotopic (exact) mass is 311 g/mol. The number of fused-ring (bicyclic) bond motifs is 1. The normalized spacial score (nSPS) is 11.3. The fraction of sp³-hybridized carbons (Fsp3) is 0.316. The molecule has 23 heavy (non-hydrogen) atoms. The Morgan fingerprint density at radius 2 is 1.83 bits per heavy atom. The van der Waals surface area contributed by atoms with Crippen LogP contribution in [0.1, 0.15) is 24.0 Å². The van der Waals surface area contributed by atoms with Crippen LogP contribution < -0.4 is 5.73 Å². The third-order valence-corrected chi connectivity index (χ3v) is 4.31. The van der Waals surface area contributed by atoms with Crippen molar-refractivity contribution in [3.05, 3.63) is 53.3 Å². The largest absolute Gasteiger partial charge is 0.330 e. The summed E-state index contributed by atoms with van der Waals surface area (Å²) in [4.78, 5) is 4.72. The van der Waals surface area contributed by atoms with Crippen LogP contribution in [0.2, 0.25) is 0 Å². The number of rotatable bonds is 5. The third kappa shape index (κ3) is 2.99. The second-order valence-corrected chi connectivity index (χ2v) is 5.99. The van der Waals surface area contributed by atoms with Crippen molar-refractivity contribution in [2.24, 2.45) is 5.73 Å². The maximum absolute atomic E-state index is 14.3. The van der Waals surface area contributed by atoms with Crippen LogP contribution in [0.25, 0.3) is 22.4 Å². The molecule has 1 aromatic heterocycles. The summed E-state index contributed by atoms with van der Waals surface area (Å²) in [5.41, 5.74) is 10.6. The Bertz CT molecular complexity index is 836. The smallest absolute Gasteiger partial charge is 0.144 e. The van der Waals surface area contributed by atoms with Gasteiger partial charge in [0.1, 0.15) is 11.6 Å². The molecule has 0 amide bonds. The number of benzene rings is 2. The standard InChI is InChI=1S/C19H22FN3/c1-13-11-17-18(12-14(13)2)23(10-6-5-9-21)19(22-17)15-7-3-4-8-16(15)20/h3-4,7-8,11-12H,5-6,9-10,21H2,1-2H3. The number of nitrogens with zero attached hydrogens (tertiary/aromatic N) is 2. The van der Waals surface area contributed by atoms with Gasteiger partial charge in [0.25, 0.3) is 0 Å². The van der Waals surface area contributed by atoms with Gasteiger partial charge in [0.15, 0.2) is 0 Å². The van der Waals surface area contributed by atoms with Gasteiger partial charge in [-0.15, -0.1) is 0 Å². The number of halogens is 1. The van der Waals surface area contributed by atoms with Crippen LogP contribution in [0, 0.1) is 19.7 Å². The molecule has 0 spiro atoms. The van der Waals surface area contributed by atoms with Gasteiger partial charge in [-0.3, -0.25) is 0 Å². The van der Waals surface area contributed by atoms with Crippen molar-refractivity contribution in [3.63, 3.8) is 0 Å². The first-order valence-corrected chi connectivity index (χ1v) is 8.04. The molecule has 0 fully saturated rings. The molecule has 0 radical (unpaired) electrons. The molecule has 2 aromatic carbocycles. The second kappa shape index (κ2) is 6.50. The van der Waals surface area contributed by atoms with Crippen molar-refractivity contribution in [2.45, 2.75) is 33.2 Å². The highest BCUT2D eigenvalue weighted by molar-refractivity contribution is 5.82. The molecule has 0 saturated carbocycles. The fourth-order valence-corrected chi connectivity index (χ4v) is 2.87. The predicted octanol–water partition coefficient (Wildman–Crippen LogP) is 4.20. The fourth-order valence-electron chi connectivity index (χ4n) is 2.87. The van der Waals surface area contributed by atoms with Gasteiger partial charge in [-0.05, 0) is 68.6 Å². The molecule has 1 heterocycles. The molecular weight excluding hydrogens is 289 g/mol. The number of hydrogen-bond donors (Lipinski definition) is 1. The topological polar surface area (TPSA) is 43.8 Å². The Morgan fingerprint density at radius 1 is 1.09 bits per heavy atom. The van der Waals surface area contributed by atoms with Gasteiger partial charge in [-0.2, -0.15) is 0 Å². The van der Waals surface area contributed by atoms with Gasteiger partial charge in [-0.25, -0.2) is 9.37 Å². The molecule has 3 rings (SSSR count). The van der Waals surface area contributed by atoms with Crippen LogP contribution >= 0.6 is 0 Å². The Labute approximate surface area is 136 Å². The van der Waals surface area contributed by atoms with E-state index in [2.05, 4.69) is 30.5 Å².